The molecule has 0 aliphatic rings. The van der Waals surface area contributed by atoms with Crippen LogP contribution in [0, 0.1) is 0 Å². The molecule has 0 atom stereocenters. The molecular weight excluding hydrogens is 522 g/mol. The van der Waals surface area contributed by atoms with E-state index in [0.717, 1.165) is 21.2 Å². The zero-order valence-electron chi connectivity index (χ0n) is 15.0. The lowest BCUT2D eigenvalue weighted by Gasteiger charge is -2.03. The highest BCUT2D eigenvalue weighted by Crippen LogP contribution is 2.31. The van der Waals surface area contributed by atoms with Crippen LogP contribution in [0.2, 0.25) is 0 Å². The molecule has 1 N–H and O–H groups in total. The van der Waals surface area contributed by atoms with Crippen molar-refractivity contribution < 1.29 is 9.15 Å². The zero-order chi connectivity index (χ0) is 20.4. The Morgan fingerprint density at radius 1 is 1.24 bits per heavy atom. The second-order valence-electron chi connectivity index (χ2n) is 5.94. The van der Waals surface area contributed by atoms with Crippen molar-refractivity contribution in [2.45, 2.75) is 0 Å². The molecule has 0 spiro atoms. The van der Waals surface area contributed by atoms with Crippen molar-refractivity contribution in [3.8, 4) is 17.0 Å². The number of hydrogen-bond donors (Lipinski definition) is 1. The van der Waals surface area contributed by atoms with Crippen LogP contribution in [0.5, 0.6) is 5.75 Å². The minimum absolute atomic E-state index is 0.392. The number of anilines is 1. The highest BCUT2D eigenvalue weighted by atomic mass is 79.9. The number of rotatable bonds is 5. The molecule has 29 heavy (non-hydrogen) atoms. The summed E-state index contributed by atoms with van der Waals surface area (Å²) in [5.74, 6) is 0.756. The van der Waals surface area contributed by atoms with E-state index in [2.05, 4.69) is 47.4 Å². The minimum Gasteiger partial charge on any atom is -0.497 e. The summed E-state index contributed by atoms with van der Waals surface area (Å²) in [6, 6.07) is 13.0. The number of nitrogens with zero attached hydrogens (tertiary/aromatic N) is 2. The van der Waals surface area contributed by atoms with Gasteiger partial charge in [0.25, 0.3) is 0 Å². The van der Waals surface area contributed by atoms with Crippen molar-refractivity contribution in [3.05, 3.63) is 72.8 Å². The molecule has 0 aliphatic heterocycles. The fourth-order valence-corrected chi connectivity index (χ4v) is 4.67. The van der Waals surface area contributed by atoms with Crippen molar-refractivity contribution in [2.75, 3.05) is 12.5 Å². The van der Waals surface area contributed by atoms with Gasteiger partial charge in [0.15, 0.2) is 5.58 Å². The Balaban J connectivity index is 1.58. The number of ether oxygens (including phenoxy) is 1. The third kappa shape index (κ3) is 4.42. The molecule has 0 radical (unpaired) electrons. The average molecular weight is 535 g/mol. The van der Waals surface area contributed by atoms with Crippen molar-refractivity contribution in [3.63, 3.8) is 0 Å². The molecule has 0 bridgehead atoms. The molecule has 6 nitrogen and oxygen atoms in total. The Morgan fingerprint density at radius 3 is 2.93 bits per heavy atom. The Bertz CT molecular complexity index is 1280. The maximum absolute atomic E-state index is 12.4. The highest BCUT2D eigenvalue weighted by molar-refractivity contribution is 9.11. The highest BCUT2D eigenvalue weighted by Gasteiger charge is 2.13. The lowest BCUT2D eigenvalue weighted by atomic mass is 10.1. The summed E-state index contributed by atoms with van der Waals surface area (Å²) in [6.07, 6.45) is 1.67. The smallest absolute Gasteiger partial charge is 0.345 e. The first kappa shape index (κ1) is 19.8. The van der Waals surface area contributed by atoms with E-state index < -0.39 is 5.63 Å². The van der Waals surface area contributed by atoms with Crippen LogP contribution in [0.3, 0.4) is 0 Å². The quantitative estimate of drug-likeness (QED) is 0.196. The molecule has 4 aromatic rings. The largest absolute Gasteiger partial charge is 0.497 e. The van der Waals surface area contributed by atoms with Gasteiger partial charge in [-0.15, -0.1) is 11.3 Å². The number of aromatic nitrogens is 1. The van der Waals surface area contributed by atoms with Gasteiger partial charge in [-0.05, 0) is 51.8 Å². The van der Waals surface area contributed by atoms with Crippen molar-refractivity contribution in [1.82, 2.24) is 4.98 Å². The number of thiazole rings is 1. The van der Waals surface area contributed by atoms with E-state index in [1.54, 1.807) is 24.8 Å². The van der Waals surface area contributed by atoms with E-state index in [1.165, 1.54) is 11.3 Å². The normalized spacial score (nSPS) is 11.3. The Labute approximate surface area is 186 Å². The fourth-order valence-electron chi connectivity index (χ4n) is 2.67. The molecule has 0 fully saturated rings. The molecule has 9 heteroatoms. The summed E-state index contributed by atoms with van der Waals surface area (Å²) in [7, 11) is 1.62. The second kappa shape index (κ2) is 8.48. The third-order valence-electron chi connectivity index (χ3n) is 4.00. The fraction of sp³-hybridized carbons (Fsp3) is 0.0500. The number of hydrogen-bond acceptors (Lipinski definition) is 7. The Morgan fingerprint density at radius 2 is 2.10 bits per heavy atom. The first-order valence-corrected chi connectivity index (χ1v) is 10.8. The van der Waals surface area contributed by atoms with Gasteiger partial charge in [-0.25, -0.2) is 9.78 Å². The third-order valence-corrected chi connectivity index (χ3v) is 5.79. The van der Waals surface area contributed by atoms with Crippen LogP contribution in [0.15, 0.2) is 71.1 Å². The first-order chi connectivity index (χ1) is 14.0. The lowest BCUT2D eigenvalue weighted by molar-refractivity contribution is 0.415. The summed E-state index contributed by atoms with van der Waals surface area (Å²) in [6.45, 7) is 0. The van der Waals surface area contributed by atoms with Crippen molar-refractivity contribution in [2.24, 2.45) is 5.10 Å². The predicted molar refractivity (Wildman–Crippen MR) is 123 cm³/mol. The van der Waals surface area contributed by atoms with E-state index in [4.69, 9.17) is 9.15 Å². The molecule has 0 unspecified atom stereocenters. The number of fused-ring (bicyclic) bond motifs is 1. The Hall–Kier alpha value is -2.49. The van der Waals surface area contributed by atoms with Gasteiger partial charge in [-0.3, -0.25) is 5.43 Å². The van der Waals surface area contributed by atoms with Gasteiger partial charge in [-0.1, -0.05) is 28.1 Å². The van der Waals surface area contributed by atoms with Gasteiger partial charge in [0, 0.05) is 15.2 Å². The number of halogens is 2. The van der Waals surface area contributed by atoms with Crippen LogP contribution < -0.4 is 15.8 Å². The number of methoxy groups -OCH3 is 1. The van der Waals surface area contributed by atoms with Gasteiger partial charge in [0.1, 0.15) is 5.75 Å². The summed E-state index contributed by atoms with van der Waals surface area (Å²) in [5, 5.41) is 7.33. The van der Waals surface area contributed by atoms with E-state index in [0.29, 0.717) is 26.4 Å². The van der Waals surface area contributed by atoms with E-state index in [9.17, 15) is 4.79 Å². The molecule has 2 heterocycles. The molecule has 0 saturated carbocycles. The van der Waals surface area contributed by atoms with Gasteiger partial charge in [-0.2, -0.15) is 5.10 Å². The van der Waals surface area contributed by atoms with Gasteiger partial charge < -0.3 is 9.15 Å². The number of benzene rings is 2. The maximum Gasteiger partial charge on any atom is 0.345 e. The van der Waals surface area contributed by atoms with E-state index >= 15 is 0 Å². The predicted octanol–water partition coefficient (Wildman–Crippen LogP) is 5.90. The molecule has 4 rings (SSSR count). The van der Waals surface area contributed by atoms with Gasteiger partial charge in [0.05, 0.1) is 29.1 Å². The summed E-state index contributed by atoms with van der Waals surface area (Å²) in [4.78, 5) is 16.9. The Kier molecular flexibility index (Phi) is 5.79. The molecule has 0 amide bonds. The molecular formula is C20H13Br2N3O3S. The van der Waals surface area contributed by atoms with Crippen LogP contribution in [0.1, 0.15) is 5.56 Å². The van der Waals surface area contributed by atoms with Gasteiger partial charge >= 0.3 is 5.63 Å². The maximum atomic E-state index is 12.4. The zero-order valence-corrected chi connectivity index (χ0v) is 19.0. The molecule has 2 aromatic carbocycles. The van der Waals surface area contributed by atoms with E-state index in [1.807, 2.05) is 36.4 Å². The summed E-state index contributed by atoms with van der Waals surface area (Å²) < 4.78 is 12.3. The molecule has 2 aromatic heterocycles. The van der Waals surface area contributed by atoms with Crippen LogP contribution in [-0.2, 0) is 0 Å². The SMILES string of the molecule is COc1cccc(/C=N/Nc2nc(-c3cc4cc(Br)cc(Br)c4oc3=O)cs2)c1. The van der Waals surface area contributed by atoms with Crippen LogP contribution >= 0.6 is 43.2 Å². The first-order valence-electron chi connectivity index (χ1n) is 8.35. The van der Waals surface area contributed by atoms with Crippen molar-refractivity contribution >= 4 is 65.5 Å². The average Bonchev–Trinajstić information content (AvgIpc) is 3.17. The summed E-state index contributed by atoms with van der Waals surface area (Å²) in [5.41, 5.74) is 4.75. The standard InChI is InChI=1S/C20H13Br2N3O3S/c1-27-14-4-2-3-11(5-14)9-23-25-20-24-17(10-29-20)15-7-12-6-13(21)8-16(22)18(12)28-19(15)26/h2-10H,1H3,(H,24,25)/b23-9+. The molecule has 0 aliphatic carbocycles. The topological polar surface area (TPSA) is 76.7 Å². The van der Waals surface area contributed by atoms with Crippen LogP contribution in [-0.4, -0.2) is 18.3 Å². The minimum atomic E-state index is -0.447. The van der Waals surface area contributed by atoms with E-state index in [-0.39, 0.29) is 0 Å². The lowest BCUT2D eigenvalue weighted by Crippen LogP contribution is -2.03. The second-order valence-corrected chi connectivity index (χ2v) is 8.57. The summed E-state index contributed by atoms with van der Waals surface area (Å²) >= 11 is 8.21. The monoisotopic (exact) mass is 533 g/mol. The molecule has 146 valence electrons. The number of hydrazone groups is 1. The molecule has 0 saturated heterocycles. The van der Waals surface area contributed by atoms with Gasteiger partial charge in [0.2, 0.25) is 5.13 Å². The van der Waals surface area contributed by atoms with Crippen LogP contribution in [0.25, 0.3) is 22.2 Å². The van der Waals surface area contributed by atoms with Crippen molar-refractivity contribution in [1.29, 1.82) is 0 Å². The van der Waals surface area contributed by atoms with Crippen LogP contribution in [0.4, 0.5) is 5.13 Å². The number of nitrogens with one attached hydrogen (secondary N) is 1.